The number of aromatic amines is 1. The Labute approximate surface area is 156 Å². The Morgan fingerprint density at radius 3 is 2.73 bits per heavy atom. The second-order valence-corrected chi connectivity index (χ2v) is 6.32. The fraction of sp³-hybridized carbons (Fsp3) is 0.100. The summed E-state index contributed by atoms with van der Waals surface area (Å²) in [6.45, 7) is 0.656. The van der Waals surface area contributed by atoms with Crippen LogP contribution in [-0.2, 0) is 6.54 Å². The first-order chi connectivity index (χ1) is 12.7. The Hall–Kier alpha value is -3.05. The largest absolute Gasteiger partial charge is 0.497 e. The summed E-state index contributed by atoms with van der Waals surface area (Å²) in [5.41, 5.74) is 3.92. The highest BCUT2D eigenvalue weighted by Gasteiger charge is 2.10. The van der Waals surface area contributed by atoms with Gasteiger partial charge in [0.05, 0.1) is 12.5 Å². The van der Waals surface area contributed by atoms with Crippen LogP contribution in [-0.4, -0.2) is 22.1 Å². The molecule has 2 heterocycles. The van der Waals surface area contributed by atoms with Crippen LogP contribution in [0.25, 0.3) is 22.3 Å². The molecule has 4 rings (SSSR count). The summed E-state index contributed by atoms with van der Waals surface area (Å²) in [7, 11) is 1.66. The Morgan fingerprint density at radius 2 is 1.92 bits per heavy atom. The maximum atomic E-state index is 5.94. The lowest BCUT2D eigenvalue weighted by atomic mass is 10.1. The first-order valence-corrected chi connectivity index (χ1v) is 8.57. The zero-order valence-corrected chi connectivity index (χ0v) is 14.9. The summed E-state index contributed by atoms with van der Waals surface area (Å²) in [4.78, 5) is 12.1. The number of methoxy groups -OCH3 is 1. The van der Waals surface area contributed by atoms with Crippen molar-refractivity contribution in [3.05, 3.63) is 71.5 Å². The van der Waals surface area contributed by atoms with Gasteiger partial charge in [-0.15, -0.1) is 0 Å². The van der Waals surface area contributed by atoms with Gasteiger partial charge in [-0.3, -0.25) is 0 Å². The lowest BCUT2D eigenvalue weighted by Gasteiger charge is -2.06. The fourth-order valence-corrected chi connectivity index (χ4v) is 2.94. The summed E-state index contributed by atoms with van der Waals surface area (Å²) in [5.74, 6) is 1.60. The maximum absolute atomic E-state index is 5.94. The molecule has 0 aliphatic heterocycles. The molecule has 2 aromatic carbocycles. The van der Waals surface area contributed by atoms with Gasteiger partial charge in [0.15, 0.2) is 0 Å². The third-order valence-corrected chi connectivity index (χ3v) is 4.43. The van der Waals surface area contributed by atoms with Crippen molar-refractivity contribution in [1.29, 1.82) is 0 Å². The van der Waals surface area contributed by atoms with Crippen molar-refractivity contribution in [2.75, 3.05) is 12.4 Å². The number of ether oxygens (including phenoxy) is 1. The molecule has 4 aromatic rings. The number of H-pyrrole nitrogens is 1. The number of fused-ring (bicyclic) bond motifs is 1. The number of aromatic nitrogens is 3. The highest BCUT2D eigenvalue weighted by molar-refractivity contribution is 6.30. The number of rotatable bonds is 5. The third-order valence-electron chi connectivity index (χ3n) is 4.18. The van der Waals surface area contributed by atoms with Gasteiger partial charge in [0.25, 0.3) is 0 Å². The number of hydrogen-bond donors (Lipinski definition) is 2. The molecule has 0 spiro atoms. The summed E-state index contributed by atoms with van der Waals surface area (Å²) in [6.07, 6.45) is 1.55. The first kappa shape index (κ1) is 16.4. The summed E-state index contributed by atoms with van der Waals surface area (Å²) < 4.78 is 5.31. The van der Waals surface area contributed by atoms with Gasteiger partial charge in [-0.05, 0) is 35.9 Å². The van der Waals surface area contributed by atoms with Crippen LogP contribution in [0.3, 0.4) is 0 Å². The number of benzene rings is 2. The lowest BCUT2D eigenvalue weighted by molar-refractivity contribution is 0.415. The normalized spacial score (nSPS) is 10.8. The van der Waals surface area contributed by atoms with Crippen LogP contribution in [0.5, 0.6) is 5.75 Å². The number of nitrogens with zero attached hydrogens (tertiary/aromatic N) is 2. The maximum Gasteiger partial charge on any atom is 0.143 e. The van der Waals surface area contributed by atoms with Crippen molar-refractivity contribution in [1.82, 2.24) is 15.0 Å². The predicted molar refractivity (Wildman–Crippen MR) is 105 cm³/mol. The minimum Gasteiger partial charge on any atom is -0.497 e. The van der Waals surface area contributed by atoms with Crippen molar-refractivity contribution in [3.63, 3.8) is 0 Å². The van der Waals surface area contributed by atoms with Gasteiger partial charge in [0, 0.05) is 22.8 Å². The van der Waals surface area contributed by atoms with Gasteiger partial charge in [-0.2, -0.15) is 0 Å². The molecule has 0 saturated heterocycles. The van der Waals surface area contributed by atoms with Crippen molar-refractivity contribution in [2.45, 2.75) is 6.54 Å². The molecule has 0 aliphatic rings. The molecule has 0 unspecified atom stereocenters. The van der Waals surface area contributed by atoms with Crippen LogP contribution in [0, 0.1) is 0 Å². The van der Waals surface area contributed by atoms with Crippen molar-refractivity contribution in [2.24, 2.45) is 0 Å². The van der Waals surface area contributed by atoms with E-state index < -0.39 is 0 Å². The Morgan fingerprint density at radius 1 is 1.08 bits per heavy atom. The Bertz CT molecular complexity index is 1040. The fourth-order valence-electron chi connectivity index (χ4n) is 2.81. The van der Waals surface area contributed by atoms with Crippen molar-refractivity contribution >= 4 is 28.5 Å². The van der Waals surface area contributed by atoms with E-state index in [1.54, 1.807) is 13.4 Å². The number of anilines is 1. The standard InChI is InChI=1S/C20H17ClN4O/c1-26-16-4-2-3-14(9-16)18-10-17-19(23-12-24-20(17)25-18)22-11-13-5-7-15(21)8-6-13/h2-10,12H,11H2,1H3,(H2,22,23,24,25). The van der Waals surface area contributed by atoms with E-state index in [1.807, 2.05) is 54.6 Å². The second-order valence-electron chi connectivity index (χ2n) is 5.88. The number of hydrogen-bond acceptors (Lipinski definition) is 4. The van der Waals surface area contributed by atoms with Crippen molar-refractivity contribution < 1.29 is 4.74 Å². The van der Waals surface area contributed by atoms with Crippen LogP contribution in [0.1, 0.15) is 5.56 Å². The predicted octanol–water partition coefficient (Wildman–Crippen LogP) is 4.90. The van der Waals surface area contributed by atoms with Crippen LogP contribution >= 0.6 is 11.6 Å². The second kappa shape index (κ2) is 7.06. The van der Waals surface area contributed by atoms with Gasteiger partial charge < -0.3 is 15.0 Å². The highest BCUT2D eigenvalue weighted by Crippen LogP contribution is 2.28. The molecule has 130 valence electrons. The Balaban J connectivity index is 1.63. The molecule has 0 bridgehead atoms. The highest BCUT2D eigenvalue weighted by atomic mass is 35.5. The Kier molecular flexibility index (Phi) is 4.46. The molecule has 0 amide bonds. The van der Waals surface area contributed by atoms with E-state index in [-0.39, 0.29) is 0 Å². The molecule has 0 aliphatic carbocycles. The van der Waals surface area contributed by atoms with Gasteiger partial charge in [0.2, 0.25) is 0 Å². The summed E-state index contributed by atoms with van der Waals surface area (Å²) in [5, 5.41) is 5.04. The molecule has 0 saturated carbocycles. The van der Waals surface area contributed by atoms with E-state index in [2.05, 4.69) is 20.3 Å². The van der Waals surface area contributed by atoms with Gasteiger partial charge in [-0.25, -0.2) is 9.97 Å². The van der Waals surface area contributed by atoms with Crippen LogP contribution in [0.15, 0.2) is 60.9 Å². The lowest BCUT2D eigenvalue weighted by Crippen LogP contribution is -2.01. The van der Waals surface area contributed by atoms with Gasteiger partial charge >= 0.3 is 0 Å². The minimum absolute atomic E-state index is 0.656. The van der Waals surface area contributed by atoms with E-state index in [1.165, 1.54) is 0 Å². The van der Waals surface area contributed by atoms with E-state index >= 15 is 0 Å². The van der Waals surface area contributed by atoms with Crippen LogP contribution in [0.4, 0.5) is 5.82 Å². The van der Waals surface area contributed by atoms with Crippen LogP contribution in [0.2, 0.25) is 5.02 Å². The van der Waals surface area contributed by atoms with Crippen molar-refractivity contribution in [3.8, 4) is 17.0 Å². The number of nitrogens with one attached hydrogen (secondary N) is 2. The molecule has 0 radical (unpaired) electrons. The minimum atomic E-state index is 0.656. The summed E-state index contributed by atoms with van der Waals surface area (Å²) in [6, 6.07) is 17.7. The monoisotopic (exact) mass is 364 g/mol. The molecular formula is C20H17ClN4O. The molecule has 0 atom stereocenters. The van der Waals surface area contributed by atoms with E-state index in [9.17, 15) is 0 Å². The van der Waals surface area contributed by atoms with E-state index in [0.717, 1.165) is 44.4 Å². The zero-order valence-electron chi connectivity index (χ0n) is 14.2. The molecule has 0 fully saturated rings. The molecule has 6 heteroatoms. The zero-order chi connectivity index (χ0) is 17.9. The molecule has 5 nitrogen and oxygen atoms in total. The molecule has 2 aromatic heterocycles. The molecule has 26 heavy (non-hydrogen) atoms. The molecular weight excluding hydrogens is 348 g/mol. The average molecular weight is 365 g/mol. The SMILES string of the molecule is COc1cccc(-c2cc3c(NCc4ccc(Cl)cc4)ncnc3[nH]2)c1. The van der Waals surface area contributed by atoms with Gasteiger partial charge in [-0.1, -0.05) is 35.9 Å². The summed E-state index contributed by atoms with van der Waals surface area (Å²) >= 11 is 5.94. The topological polar surface area (TPSA) is 62.8 Å². The van der Waals surface area contributed by atoms with E-state index in [4.69, 9.17) is 16.3 Å². The first-order valence-electron chi connectivity index (χ1n) is 8.19. The quantitative estimate of drug-likeness (QED) is 0.528. The van der Waals surface area contributed by atoms with Gasteiger partial charge in [0.1, 0.15) is 23.5 Å². The smallest absolute Gasteiger partial charge is 0.143 e. The number of halogens is 1. The molecule has 2 N–H and O–H groups in total. The third kappa shape index (κ3) is 3.34. The average Bonchev–Trinajstić information content (AvgIpc) is 3.12. The van der Waals surface area contributed by atoms with Crippen LogP contribution < -0.4 is 10.1 Å². The van der Waals surface area contributed by atoms with E-state index in [0.29, 0.717) is 6.54 Å².